The second-order valence-corrected chi connectivity index (χ2v) is 4.92. The molecule has 1 heterocycles. The Bertz CT molecular complexity index is 382. The molecule has 3 N–H and O–H groups in total. The average molecular weight is 267 g/mol. The van der Waals surface area contributed by atoms with Crippen molar-refractivity contribution in [3.63, 3.8) is 0 Å². The number of aromatic nitrogens is 1. The normalized spacial score (nSPS) is 12.4. The molecule has 1 atom stereocenters. The zero-order valence-corrected chi connectivity index (χ0v) is 12.2. The van der Waals surface area contributed by atoms with Gasteiger partial charge in [0, 0.05) is 6.42 Å². The molecule has 0 bridgehead atoms. The lowest BCUT2D eigenvalue weighted by Crippen LogP contribution is -2.23. The van der Waals surface area contributed by atoms with E-state index in [1.807, 2.05) is 13.8 Å². The number of hydrogen-bond acceptors (Lipinski definition) is 4. The van der Waals surface area contributed by atoms with Crippen molar-refractivity contribution < 1.29 is 9.21 Å². The van der Waals surface area contributed by atoms with Crippen LogP contribution < -0.4 is 11.1 Å². The number of nitrogens with two attached hydrogens (primary N) is 1. The molecule has 0 aliphatic rings. The maximum absolute atomic E-state index is 11.7. The van der Waals surface area contributed by atoms with Gasteiger partial charge < -0.3 is 15.5 Å². The van der Waals surface area contributed by atoms with E-state index >= 15 is 0 Å². The van der Waals surface area contributed by atoms with Crippen LogP contribution in [0.3, 0.4) is 0 Å². The number of nitrogens with one attached hydrogen (secondary N) is 1. The lowest BCUT2D eigenvalue weighted by atomic mass is 9.96. The first-order chi connectivity index (χ1) is 9.06. The van der Waals surface area contributed by atoms with Crippen LogP contribution in [0.4, 0.5) is 0 Å². The van der Waals surface area contributed by atoms with Gasteiger partial charge in [-0.25, -0.2) is 4.98 Å². The number of carbonyl (C=O) groups is 1. The molecule has 1 amide bonds. The Hall–Kier alpha value is -1.36. The third-order valence-corrected chi connectivity index (χ3v) is 3.44. The van der Waals surface area contributed by atoms with Crippen molar-refractivity contribution in [2.45, 2.75) is 53.0 Å². The topological polar surface area (TPSA) is 81.2 Å². The molecule has 1 aromatic rings. The van der Waals surface area contributed by atoms with Crippen LogP contribution in [-0.4, -0.2) is 17.4 Å². The van der Waals surface area contributed by atoms with Gasteiger partial charge >= 0.3 is 0 Å². The summed E-state index contributed by atoms with van der Waals surface area (Å²) < 4.78 is 5.41. The smallest absolute Gasteiger partial charge is 0.220 e. The summed E-state index contributed by atoms with van der Waals surface area (Å²) in [7, 11) is 0. The minimum atomic E-state index is 0.0453. The van der Waals surface area contributed by atoms with Crippen molar-refractivity contribution >= 4 is 5.91 Å². The number of hydrogen-bond donors (Lipinski definition) is 2. The van der Waals surface area contributed by atoms with Gasteiger partial charge in [0.15, 0.2) is 0 Å². The van der Waals surface area contributed by atoms with Crippen LogP contribution in [0.15, 0.2) is 4.42 Å². The highest BCUT2D eigenvalue weighted by atomic mass is 16.4. The van der Waals surface area contributed by atoms with Crippen molar-refractivity contribution in [2.75, 3.05) is 6.54 Å². The summed E-state index contributed by atoms with van der Waals surface area (Å²) in [6, 6.07) is 0. The van der Waals surface area contributed by atoms with E-state index in [-0.39, 0.29) is 5.91 Å². The van der Waals surface area contributed by atoms with Gasteiger partial charge in [-0.15, -0.1) is 0 Å². The molecule has 5 heteroatoms. The van der Waals surface area contributed by atoms with E-state index in [2.05, 4.69) is 17.2 Å². The van der Waals surface area contributed by atoms with Crippen molar-refractivity contribution in [3.8, 4) is 0 Å². The number of oxazole rings is 1. The SMILES string of the molecule is CCC(CCN)CCC(=O)NCc1nc(C)c(C)o1. The Morgan fingerprint density at radius 3 is 2.68 bits per heavy atom. The molecule has 5 nitrogen and oxygen atoms in total. The van der Waals surface area contributed by atoms with Crippen LogP contribution in [-0.2, 0) is 11.3 Å². The summed E-state index contributed by atoms with van der Waals surface area (Å²) in [6.45, 7) is 6.95. The first-order valence-corrected chi connectivity index (χ1v) is 6.96. The zero-order chi connectivity index (χ0) is 14.3. The molecule has 0 saturated carbocycles. The molecule has 0 aliphatic heterocycles. The largest absolute Gasteiger partial charge is 0.444 e. The predicted molar refractivity (Wildman–Crippen MR) is 74.5 cm³/mol. The Morgan fingerprint density at radius 1 is 1.42 bits per heavy atom. The summed E-state index contributed by atoms with van der Waals surface area (Å²) in [6.07, 6.45) is 3.49. The van der Waals surface area contributed by atoms with Gasteiger partial charge in [0.05, 0.1) is 12.2 Å². The highest BCUT2D eigenvalue weighted by Crippen LogP contribution is 2.14. The second kappa shape index (κ2) is 7.94. The van der Waals surface area contributed by atoms with E-state index in [9.17, 15) is 4.79 Å². The molecule has 1 unspecified atom stereocenters. The standard InChI is InChI=1S/C14H25N3O2/c1-4-12(7-8-15)5-6-13(18)16-9-14-17-10(2)11(3)19-14/h12H,4-9,15H2,1-3H3,(H,16,18). The van der Waals surface area contributed by atoms with Gasteiger partial charge in [-0.05, 0) is 39.2 Å². The van der Waals surface area contributed by atoms with Crippen LogP contribution in [0.1, 0.15) is 50.0 Å². The fourth-order valence-corrected chi connectivity index (χ4v) is 2.00. The highest BCUT2D eigenvalue weighted by Gasteiger charge is 2.10. The van der Waals surface area contributed by atoms with E-state index < -0.39 is 0 Å². The van der Waals surface area contributed by atoms with Crippen LogP contribution in [0.25, 0.3) is 0 Å². The van der Waals surface area contributed by atoms with E-state index in [1.54, 1.807) is 0 Å². The number of aryl methyl sites for hydroxylation is 2. The fraction of sp³-hybridized carbons (Fsp3) is 0.714. The summed E-state index contributed by atoms with van der Waals surface area (Å²) in [5.74, 6) is 1.96. The Morgan fingerprint density at radius 2 is 2.16 bits per heavy atom. The summed E-state index contributed by atoms with van der Waals surface area (Å²) in [5.41, 5.74) is 6.41. The molecule has 19 heavy (non-hydrogen) atoms. The highest BCUT2D eigenvalue weighted by molar-refractivity contribution is 5.75. The number of nitrogens with zero attached hydrogens (tertiary/aromatic N) is 1. The van der Waals surface area contributed by atoms with Crippen LogP contribution in [0.5, 0.6) is 0 Å². The lowest BCUT2D eigenvalue weighted by molar-refractivity contribution is -0.121. The molecule has 0 saturated heterocycles. The Labute approximate surface area is 115 Å². The summed E-state index contributed by atoms with van der Waals surface area (Å²) in [5, 5.41) is 2.83. The van der Waals surface area contributed by atoms with E-state index in [0.717, 1.165) is 30.7 Å². The van der Waals surface area contributed by atoms with Gasteiger partial charge in [-0.1, -0.05) is 13.3 Å². The first kappa shape index (κ1) is 15.7. The van der Waals surface area contributed by atoms with Gasteiger partial charge in [0.1, 0.15) is 5.76 Å². The maximum atomic E-state index is 11.7. The third kappa shape index (κ3) is 5.42. The summed E-state index contributed by atoms with van der Waals surface area (Å²) >= 11 is 0. The Balaban J connectivity index is 2.27. The molecule has 0 radical (unpaired) electrons. The van der Waals surface area contributed by atoms with Crippen LogP contribution >= 0.6 is 0 Å². The molecule has 1 rings (SSSR count). The summed E-state index contributed by atoms with van der Waals surface area (Å²) in [4.78, 5) is 15.9. The third-order valence-electron chi connectivity index (χ3n) is 3.44. The number of rotatable bonds is 8. The monoisotopic (exact) mass is 267 g/mol. The molecule has 108 valence electrons. The van der Waals surface area contributed by atoms with Gasteiger partial charge in [-0.2, -0.15) is 0 Å². The first-order valence-electron chi connectivity index (χ1n) is 6.96. The minimum Gasteiger partial charge on any atom is -0.444 e. The molecule has 0 aliphatic carbocycles. The van der Waals surface area contributed by atoms with Crippen LogP contribution in [0, 0.1) is 19.8 Å². The predicted octanol–water partition coefficient (Wildman–Crippen LogP) is 2.06. The van der Waals surface area contributed by atoms with Crippen molar-refractivity contribution in [2.24, 2.45) is 11.7 Å². The van der Waals surface area contributed by atoms with Gasteiger partial charge in [0.2, 0.25) is 11.8 Å². The average Bonchev–Trinajstić information content (AvgIpc) is 2.71. The van der Waals surface area contributed by atoms with Gasteiger partial charge in [0.25, 0.3) is 0 Å². The van der Waals surface area contributed by atoms with E-state index in [0.29, 0.717) is 31.3 Å². The molecular formula is C14H25N3O2. The molecule has 0 spiro atoms. The molecule has 0 aromatic carbocycles. The second-order valence-electron chi connectivity index (χ2n) is 4.92. The van der Waals surface area contributed by atoms with E-state index in [1.165, 1.54) is 0 Å². The van der Waals surface area contributed by atoms with Crippen molar-refractivity contribution in [1.82, 2.24) is 10.3 Å². The quantitative estimate of drug-likeness (QED) is 0.755. The number of amides is 1. The van der Waals surface area contributed by atoms with Crippen molar-refractivity contribution in [3.05, 3.63) is 17.3 Å². The number of carbonyl (C=O) groups excluding carboxylic acids is 1. The zero-order valence-electron chi connectivity index (χ0n) is 12.2. The molecule has 1 aromatic heterocycles. The maximum Gasteiger partial charge on any atom is 0.220 e. The van der Waals surface area contributed by atoms with Gasteiger partial charge in [-0.3, -0.25) is 4.79 Å². The van der Waals surface area contributed by atoms with E-state index in [4.69, 9.17) is 10.2 Å². The molecule has 0 fully saturated rings. The van der Waals surface area contributed by atoms with Crippen molar-refractivity contribution in [1.29, 1.82) is 0 Å². The minimum absolute atomic E-state index is 0.0453. The lowest BCUT2D eigenvalue weighted by Gasteiger charge is -2.12. The fourth-order valence-electron chi connectivity index (χ4n) is 2.00. The van der Waals surface area contributed by atoms with Crippen LogP contribution in [0.2, 0.25) is 0 Å². The molecular weight excluding hydrogens is 242 g/mol. The Kier molecular flexibility index (Phi) is 6.56.